The molecule has 0 aliphatic carbocycles. The Bertz CT molecular complexity index is 400. The van der Waals surface area contributed by atoms with Gasteiger partial charge in [-0.2, -0.15) is 4.98 Å². The van der Waals surface area contributed by atoms with Gasteiger partial charge in [0.2, 0.25) is 5.88 Å². The Balaban J connectivity index is 2.52. The molecule has 0 atom stereocenters. The predicted octanol–water partition coefficient (Wildman–Crippen LogP) is 2.60. The predicted molar refractivity (Wildman–Crippen MR) is 74.1 cm³/mol. The molecule has 1 rings (SSSR count). The van der Waals surface area contributed by atoms with Crippen molar-refractivity contribution in [3.05, 3.63) is 16.5 Å². The molecule has 1 heterocycles. The third kappa shape index (κ3) is 5.30. The van der Waals surface area contributed by atoms with Crippen molar-refractivity contribution in [3.8, 4) is 5.88 Å². The molecular weight excluding hydrogens is 268 g/mol. The van der Waals surface area contributed by atoms with Crippen LogP contribution in [-0.2, 0) is 9.47 Å². The molecule has 19 heavy (non-hydrogen) atoms. The highest BCUT2D eigenvalue weighted by Crippen LogP contribution is 2.24. The standard InChI is InChI=1S/C13H21ClN2O3/c1-9(2)12-15-11(14)10(3)13(16-12)19-8-7-18-6-5-17-4/h9H,5-8H2,1-4H3. The number of hydrogen-bond donors (Lipinski definition) is 0. The molecule has 0 fully saturated rings. The third-order valence-corrected chi connectivity index (χ3v) is 2.84. The summed E-state index contributed by atoms with van der Waals surface area (Å²) in [4.78, 5) is 8.60. The Kier molecular flexibility index (Phi) is 7.05. The fourth-order valence-corrected chi connectivity index (χ4v) is 1.49. The molecule has 0 amide bonds. The van der Waals surface area contributed by atoms with Gasteiger partial charge in [-0.25, -0.2) is 4.98 Å². The number of aromatic nitrogens is 2. The smallest absolute Gasteiger partial charge is 0.221 e. The van der Waals surface area contributed by atoms with Gasteiger partial charge < -0.3 is 14.2 Å². The van der Waals surface area contributed by atoms with Crippen LogP contribution in [0.25, 0.3) is 0 Å². The molecule has 0 saturated heterocycles. The van der Waals surface area contributed by atoms with E-state index in [0.717, 1.165) is 5.56 Å². The summed E-state index contributed by atoms with van der Waals surface area (Å²) in [6.45, 7) is 7.91. The second-order valence-corrected chi connectivity index (χ2v) is 4.77. The van der Waals surface area contributed by atoms with Gasteiger partial charge in [0.25, 0.3) is 0 Å². The summed E-state index contributed by atoms with van der Waals surface area (Å²) in [6, 6.07) is 0. The Hall–Kier alpha value is -0.910. The van der Waals surface area contributed by atoms with Gasteiger partial charge in [-0.15, -0.1) is 0 Å². The maximum Gasteiger partial charge on any atom is 0.221 e. The normalized spacial score (nSPS) is 11.1. The molecule has 0 aliphatic rings. The van der Waals surface area contributed by atoms with Gasteiger partial charge in [0.05, 0.1) is 19.8 Å². The SMILES string of the molecule is COCCOCCOc1nc(C(C)C)nc(Cl)c1C. The van der Waals surface area contributed by atoms with Crippen LogP contribution in [0, 0.1) is 6.92 Å². The minimum atomic E-state index is 0.207. The van der Waals surface area contributed by atoms with Crippen LogP contribution in [-0.4, -0.2) is 43.5 Å². The summed E-state index contributed by atoms with van der Waals surface area (Å²) in [5.41, 5.74) is 0.753. The summed E-state index contributed by atoms with van der Waals surface area (Å²) in [7, 11) is 1.64. The molecule has 0 N–H and O–H groups in total. The first kappa shape index (κ1) is 16.1. The van der Waals surface area contributed by atoms with Gasteiger partial charge >= 0.3 is 0 Å². The molecule has 0 aliphatic heterocycles. The number of methoxy groups -OCH3 is 1. The highest BCUT2D eigenvalue weighted by molar-refractivity contribution is 6.30. The lowest BCUT2D eigenvalue weighted by atomic mass is 10.2. The number of rotatable bonds is 8. The van der Waals surface area contributed by atoms with Crippen LogP contribution in [0.3, 0.4) is 0 Å². The van der Waals surface area contributed by atoms with Gasteiger partial charge in [0, 0.05) is 18.6 Å². The molecule has 0 spiro atoms. The summed E-state index contributed by atoms with van der Waals surface area (Å²) >= 11 is 6.07. The van der Waals surface area contributed by atoms with E-state index in [1.807, 2.05) is 20.8 Å². The topological polar surface area (TPSA) is 53.5 Å². The molecule has 108 valence electrons. The van der Waals surface area contributed by atoms with Crippen molar-refractivity contribution in [2.45, 2.75) is 26.7 Å². The van der Waals surface area contributed by atoms with Gasteiger partial charge in [0.15, 0.2) is 0 Å². The number of halogens is 1. The van der Waals surface area contributed by atoms with E-state index in [1.165, 1.54) is 0 Å². The molecular formula is C13H21ClN2O3. The fourth-order valence-electron chi connectivity index (χ4n) is 1.33. The lowest BCUT2D eigenvalue weighted by Crippen LogP contribution is -2.12. The second-order valence-electron chi connectivity index (χ2n) is 4.41. The van der Waals surface area contributed by atoms with E-state index < -0.39 is 0 Å². The maximum atomic E-state index is 6.07. The first-order valence-electron chi connectivity index (χ1n) is 6.29. The monoisotopic (exact) mass is 288 g/mol. The lowest BCUT2D eigenvalue weighted by molar-refractivity contribution is 0.0535. The average Bonchev–Trinajstić information content (AvgIpc) is 2.37. The summed E-state index contributed by atoms with van der Waals surface area (Å²) in [5, 5.41) is 0.439. The van der Waals surface area contributed by atoms with Gasteiger partial charge in [-0.3, -0.25) is 0 Å². The summed E-state index contributed by atoms with van der Waals surface area (Å²) in [5.74, 6) is 1.42. The molecule has 1 aromatic heterocycles. The van der Waals surface area contributed by atoms with Crippen LogP contribution in [0.15, 0.2) is 0 Å². The number of nitrogens with zero attached hydrogens (tertiary/aromatic N) is 2. The zero-order chi connectivity index (χ0) is 14.3. The minimum Gasteiger partial charge on any atom is -0.475 e. The highest BCUT2D eigenvalue weighted by atomic mass is 35.5. The molecule has 6 heteroatoms. The number of hydrogen-bond acceptors (Lipinski definition) is 5. The van der Waals surface area contributed by atoms with Crippen molar-refractivity contribution in [1.82, 2.24) is 9.97 Å². The van der Waals surface area contributed by atoms with E-state index in [2.05, 4.69) is 9.97 Å². The average molecular weight is 289 g/mol. The second kappa shape index (κ2) is 8.30. The van der Waals surface area contributed by atoms with Crippen molar-refractivity contribution < 1.29 is 14.2 Å². The van der Waals surface area contributed by atoms with Crippen LogP contribution in [0.5, 0.6) is 5.88 Å². The van der Waals surface area contributed by atoms with Crippen molar-refractivity contribution in [3.63, 3.8) is 0 Å². The molecule has 0 aromatic carbocycles. The van der Waals surface area contributed by atoms with Crippen LogP contribution in [0.2, 0.25) is 5.15 Å². The largest absolute Gasteiger partial charge is 0.475 e. The molecule has 0 radical (unpaired) electrons. The zero-order valence-corrected chi connectivity index (χ0v) is 12.7. The Morgan fingerprint density at radius 3 is 2.42 bits per heavy atom. The van der Waals surface area contributed by atoms with Crippen LogP contribution in [0.1, 0.15) is 31.2 Å². The quantitative estimate of drug-likeness (QED) is 0.544. The highest BCUT2D eigenvalue weighted by Gasteiger charge is 2.12. The van der Waals surface area contributed by atoms with Crippen molar-refractivity contribution in [2.75, 3.05) is 33.5 Å². The van der Waals surface area contributed by atoms with Crippen LogP contribution < -0.4 is 4.74 Å². The van der Waals surface area contributed by atoms with Crippen molar-refractivity contribution in [2.24, 2.45) is 0 Å². The van der Waals surface area contributed by atoms with Crippen molar-refractivity contribution >= 4 is 11.6 Å². The fraction of sp³-hybridized carbons (Fsp3) is 0.692. The van der Waals surface area contributed by atoms with E-state index >= 15 is 0 Å². The number of ether oxygens (including phenoxy) is 3. The van der Waals surface area contributed by atoms with Crippen LogP contribution in [0.4, 0.5) is 0 Å². The Labute approximate surface area is 119 Å². The first-order chi connectivity index (χ1) is 9.06. The molecule has 0 bridgehead atoms. The van der Waals surface area contributed by atoms with E-state index in [0.29, 0.717) is 43.3 Å². The summed E-state index contributed by atoms with van der Waals surface area (Å²) < 4.78 is 15.8. The van der Waals surface area contributed by atoms with E-state index in [4.69, 9.17) is 25.8 Å². The van der Waals surface area contributed by atoms with Gasteiger partial charge in [0.1, 0.15) is 17.6 Å². The summed E-state index contributed by atoms with van der Waals surface area (Å²) in [6.07, 6.45) is 0. The van der Waals surface area contributed by atoms with E-state index in [9.17, 15) is 0 Å². The molecule has 0 saturated carbocycles. The van der Waals surface area contributed by atoms with E-state index in [-0.39, 0.29) is 5.92 Å². The molecule has 1 aromatic rings. The Morgan fingerprint density at radius 1 is 1.11 bits per heavy atom. The molecule has 0 unspecified atom stereocenters. The zero-order valence-electron chi connectivity index (χ0n) is 11.9. The third-order valence-electron chi connectivity index (χ3n) is 2.47. The van der Waals surface area contributed by atoms with Gasteiger partial charge in [-0.1, -0.05) is 25.4 Å². The lowest BCUT2D eigenvalue weighted by Gasteiger charge is -2.12. The maximum absolute atomic E-state index is 6.07. The minimum absolute atomic E-state index is 0.207. The first-order valence-corrected chi connectivity index (χ1v) is 6.67. The Morgan fingerprint density at radius 2 is 1.79 bits per heavy atom. The van der Waals surface area contributed by atoms with E-state index in [1.54, 1.807) is 7.11 Å². The van der Waals surface area contributed by atoms with Crippen molar-refractivity contribution in [1.29, 1.82) is 0 Å². The molecule has 5 nitrogen and oxygen atoms in total. The van der Waals surface area contributed by atoms with Gasteiger partial charge in [-0.05, 0) is 6.92 Å². The van der Waals surface area contributed by atoms with Crippen LogP contribution >= 0.6 is 11.6 Å².